The number of rotatable bonds is 5. The average molecular weight is 624 g/mol. The Labute approximate surface area is 204 Å². The van der Waals surface area contributed by atoms with Crippen LogP contribution in [0.25, 0.3) is 16.6 Å². The molecule has 4 aromatic rings. The molecule has 4 rings (SSSR count). The van der Waals surface area contributed by atoms with Gasteiger partial charge in [0, 0.05) is 49.8 Å². The number of ether oxygens (including phenoxy) is 1. The standard InChI is InChI=1S/C13H12N2O.C12H8F2NO.Ir/c16-13(11-6-2-1-3-7-11)15-10-12-8-4-5-9-14-12;1-16-9-4-5-15-12(7-9)10-3-2-8(13)6-11(10)14;/h1-9H,10H2,(H,15,16);2,4-7H,1H3;/q;-1;/p-1. The van der Waals surface area contributed by atoms with Gasteiger partial charge in [-0.1, -0.05) is 54.6 Å². The Balaban J connectivity index is 0.000000227. The van der Waals surface area contributed by atoms with Crippen LogP contribution < -0.4 is 4.74 Å². The predicted molar refractivity (Wildman–Crippen MR) is 117 cm³/mol. The zero-order valence-corrected chi connectivity index (χ0v) is 19.9. The van der Waals surface area contributed by atoms with Gasteiger partial charge in [-0.2, -0.15) is 0 Å². The van der Waals surface area contributed by atoms with Crippen LogP contribution in [0.5, 0.6) is 5.75 Å². The van der Waals surface area contributed by atoms with Crippen LogP contribution in [0.2, 0.25) is 0 Å². The largest absolute Gasteiger partial charge is 0.644 e. The summed E-state index contributed by atoms with van der Waals surface area (Å²) in [5, 5.41) is 3.96. The summed E-state index contributed by atoms with van der Waals surface area (Å²) < 4.78 is 31.1. The van der Waals surface area contributed by atoms with E-state index in [1.807, 2.05) is 36.4 Å². The second-order valence-corrected chi connectivity index (χ2v) is 6.43. The molecule has 2 aromatic carbocycles. The van der Waals surface area contributed by atoms with Gasteiger partial charge in [-0.3, -0.25) is 13.8 Å². The maximum absolute atomic E-state index is 13.4. The second kappa shape index (κ2) is 13.2. The first-order valence-corrected chi connectivity index (χ1v) is 9.60. The molecule has 0 N–H and O–H groups in total. The number of carbonyl (C=O) groups is 1. The van der Waals surface area contributed by atoms with Crippen molar-refractivity contribution in [3.8, 4) is 17.0 Å². The molecule has 0 saturated heterocycles. The van der Waals surface area contributed by atoms with Gasteiger partial charge in [-0.05, 0) is 35.5 Å². The Morgan fingerprint density at radius 3 is 2.42 bits per heavy atom. The van der Waals surface area contributed by atoms with Crippen molar-refractivity contribution in [2.24, 2.45) is 0 Å². The van der Waals surface area contributed by atoms with Crippen molar-refractivity contribution in [2.75, 3.05) is 7.11 Å². The van der Waals surface area contributed by atoms with Gasteiger partial charge in [0.2, 0.25) is 0 Å². The van der Waals surface area contributed by atoms with E-state index in [2.05, 4.69) is 21.4 Å². The number of pyridine rings is 2. The Morgan fingerprint density at radius 1 is 1.00 bits per heavy atom. The van der Waals surface area contributed by atoms with Crippen LogP contribution >= 0.6 is 0 Å². The van der Waals surface area contributed by atoms with E-state index in [1.165, 1.54) is 13.3 Å². The van der Waals surface area contributed by atoms with Crippen LogP contribution in [0.1, 0.15) is 16.1 Å². The fourth-order valence-electron chi connectivity index (χ4n) is 2.63. The van der Waals surface area contributed by atoms with Gasteiger partial charge in [0.1, 0.15) is 5.75 Å². The molecule has 0 fully saturated rings. The quantitative estimate of drug-likeness (QED) is 0.271. The molecule has 2 heterocycles. The molecule has 0 spiro atoms. The number of aromatic nitrogens is 2. The molecule has 1 radical (unpaired) electrons. The van der Waals surface area contributed by atoms with E-state index in [1.54, 1.807) is 30.5 Å². The number of amides is 1. The summed E-state index contributed by atoms with van der Waals surface area (Å²) in [6, 6.07) is 22.2. The SMILES string of the molecule is COc1ccnc(-c2[c-]cc(F)cc2F)c1.O=C([N-]Cc1ccccn1)c1ccccc1.[Ir]. The minimum Gasteiger partial charge on any atom is -0.644 e. The van der Waals surface area contributed by atoms with Gasteiger partial charge in [-0.25, -0.2) is 0 Å². The molecular formula is C25H19F2IrN3O2-2. The zero-order chi connectivity index (χ0) is 22.8. The molecule has 0 bridgehead atoms. The minimum atomic E-state index is -0.694. The molecule has 2 aromatic heterocycles. The monoisotopic (exact) mass is 624 g/mol. The van der Waals surface area contributed by atoms with Crippen LogP contribution in [-0.4, -0.2) is 23.0 Å². The molecule has 0 aliphatic carbocycles. The predicted octanol–water partition coefficient (Wildman–Crippen LogP) is 5.63. The van der Waals surface area contributed by atoms with Gasteiger partial charge in [0.25, 0.3) is 0 Å². The van der Waals surface area contributed by atoms with E-state index in [4.69, 9.17) is 4.74 Å². The van der Waals surface area contributed by atoms with E-state index < -0.39 is 11.6 Å². The van der Waals surface area contributed by atoms with Crippen LogP contribution in [0.3, 0.4) is 0 Å². The normalized spacial score (nSPS) is 9.67. The molecule has 0 saturated carbocycles. The van der Waals surface area contributed by atoms with E-state index in [0.29, 0.717) is 23.6 Å². The summed E-state index contributed by atoms with van der Waals surface area (Å²) in [5.41, 5.74) is 1.89. The third kappa shape index (κ3) is 7.86. The smallest absolute Gasteiger partial charge is 0.113 e. The molecular weight excluding hydrogens is 605 g/mol. The molecule has 33 heavy (non-hydrogen) atoms. The van der Waals surface area contributed by atoms with E-state index in [-0.39, 0.29) is 31.6 Å². The molecule has 5 nitrogen and oxygen atoms in total. The first-order valence-electron chi connectivity index (χ1n) is 9.60. The van der Waals surface area contributed by atoms with Crippen LogP contribution in [-0.2, 0) is 26.7 Å². The fourth-order valence-corrected chi connectivity index (χ4v) is 2.63. The number of hydrogen-bond donors (Lipinski definition) is 0. The third-order valence-corrected chi connectivity index (χ3v) is 4.21. The topological polar surface area (TPSA) is 66.2 Å². The number of carbonyl (C=O) groups excluding carboxylic acids is 1. The maximum Gasteiger partial charge on any atom is 0.113 e. The number of nitrogens with zero attached hydrogens (tertiary/aromatic N) is 3. The summed E-state index contributed by atoms with van der Waals surface area (Å²) in [4.78, 5) is 19.7. The average Bonchev–Trinajstić information content (AvgIpc) is 2.84. The van der Waals surface area contributed by atoms with Gasteiger partial charge in [0.05, 0.1) is 13.0 Å². The first-order chi connectivity index (χ1) is 15.6. The maximum atomic E-state index is 13.4. The summed E-state index contributed by atoms with van der Waals surface area (Å²) in [5.74, 6) is -1.00. The molecule has 0 aliphatic heterocycles. The zero-order valence-electron chi connectivity index (χ0n) is 17.5. The molecule has 0 aliphatic rings. The van der Waals surface area contributed by atoms with E-state index >= 15 is 0 Å². The Hall–Kier alpha value is -3.48. The Morgan fingerprint density at radius 2 is 1.76 bits per heavy atom. The number of hydrogen-bond acceptors (Lipinski definition) is 4. The molecule has 0 atom stereocenters. The number of halogens is 2. The fraction of sp³-hybridized carbons (Fsp3) is 0.0800. The van der Waals surface area contributed by atoms with Gasteiger partial charge < -0.3 is 19.8 Å². The third-order valence-electron chi connectivity index (χ3n) is 4.21. The van der Waals surface area contributed by atoms with E-state index in [0.717, 1.165) is 17.8 Å². The number of benzene rings is 2. The van der Waals surface area contributed by atoms with Crippen LogP contribution in [0.4, 0.5) is 8.78 Å². The van der Waals surface area contributed by atoms with Crippen LogP contribution in [0.15, 0.2) is 85.2 Å². The molecule has 0 unspecified atom stereocenters. The summed E-state index contributed by atoms with van der Waals surface area (Å²) in [7, 11) is 1.50. The van der Waals surface area contributed by atoms with Gasteiger partial charge in [-0.15, -0.1) is 12.1 Å². The second-order valence-electron chi connectivity index (χ2n) is 6.43. The summed E-state index contributed by atoms with van der Waals surface area (Å²) >= 11 is 0. The van der Waals surface area contributed by atoms with Crippen molar-refractivity contribution < 1.29 is 38.4 Å². The van der Waals surface area contributed by atoms with Gasteiger partial charge >= 0.3 is 0 Å². The summed E-state index contributed by atoms with van der Waals surface area (Å²) in [6.07, 6.45) is 3.18. The summed E-state index contributed by atoms with van der Waals surface area (Å²) in [6.45, 7) is 0.328. The van der Waals surface area contributed by atoms with Crippen molar-refractivity contribution in [2.45, 2.75) is 6.54 Å². The minimum absolute atomic E-state index is 0. The number of methoxy groups -OCH3 is 1. The van der Waals surface area contributed by atoms with Crippen molar-refractivity contribution >= 4 is 5.91 Å². The van der Waals surface area contributed by atoms with Crippen molar-refractivity contribution in [3.63, 3.8) is 0 Å². The molecule has 1 amide bonds. The molecule has 171 valence electrons. The Kier molecular flexibility index (Phi) is 10.3. The van der Waals surface area contributed by atoms with Crippen molar-refractivity contribution in [1.82, 2.24) is 9.97 Å². The van der Waals surface area contributed by atoms with Crippen LogP contribution in [0, 0.1) is 17.7 Å². The first kappa shape index (κ1) is 25.8. The Bertz CT molecular complexity index is 1160. The van der Waals surface area contributed by atoms with E-state index in [9.17, 15) is 13.6 Å². The van der Waals surface area contributed by atoms with Crippen molar-refractivity contribution in [3.05, 3.63) is 119 Å². The van der Waals surface area contributed by atoms with Crippen molar-refractivity contribution in [1.29, 1.82) is 0 Å². The van der Waals surface area contributed by atoms with Gasteiger partial charge in [0.15, 0.2) is 0 Å². The molecule has 8 heteroatoms.